The van der Waals surface area contributed by atoms with Gasteiger partial charge < -0.3 is 5.73 Å². The molecular formula is C18H16ClN5O. The highest BCUT2D eigenvalue weighted by Crippen LogP contribution is 2.20. The molecule has 0 aliphatic heterocycles. The number of aromatic nitrogens is 4. The van der Waals surface area contributed by atoms with Crippen molar-refractivity contribution in [2.45, 2.75) is 13.8 Å². The molecule has 0 saturated carbocycles. The van der Waals surface area contributed by atoms with Crippen molar-refractivity contribution in [3.05, 3.63) is 64.7 Å². The number of pyridine rings is 1. The standard InChI is InChI=1S/C18H16ClN5O/c1-11-3-12(2)5-13(4-11)18-22-10-24(23-18)9-16(17(20)25)14-6-15(19)8-21-7-14/h3-10H,1-2H3,(H2,20,25). The zero-order chi connectivity index (χ0) is 18.0. The zero-order valence-corrected chi connectivity index (χ0v) is 14.5. The Bertz CT molecular complexity index is 957. The largest absolute Gasteiger partial charge is 0.366 e. The third-order valence-corrected chi connectivity index (χ3v) is 3.74. The van der Waals surface area contributed by atoms with Gasteiger partial charge in [-0.2, -0.15) is 0 Å². The van der Waals surface area contributed by atoms with Crippen molar-refractivity contribution in [2.75, 3.05) is 0 Å². The molecule has 2 heterocycles. The van der Waals surface area contributed by atoms with Gasteiger partial charge in [-0.25, -0.2) is 9.67 Å². The second kappa shape index (κ2) is 6.86. The topological polar surface area (TPSA) is 86.7 Å². The molecule has 0 spiro atoms. The van der Waals surface area contributed by atoms with Gasteiger partial charge in [-0.3, -0.25) is 9.78 Å². The smallest absolute Gasteiger partial charge is 0.250 e. The van der Waals surface area contributed by atoms with E-state index in [2.05, 4.69) is 21.1 Å². The Balaban J connectivity index is 2.00. The summed E-state index contributed by atoms with van der Waals surface area (Å²) in [5.74, 6) is -0.0383. The summed E-state index contributed by atoms with van der Waals surface area (Å²) in [7, 11) is 0. The second-order valence-corrected chi connectivity index (χ2v) is 6.16. The summed E-state index contributed by atoms with van der Waals surface area (Å²) in [6, 6.07) is 7.71. The first-order valence-corrected chi connectivity index (χ1v) is 7.92. The van der Waals surface area contributed by atoms with E-state index in [0.717, 1.165) is 16.7 Å². The molecular weight excluding hydrogens is 338 g/mol. The minimum Gasteiger partial charge on any atom is -0.366 e. The number of aryl methyl sites for hydroxylation is 2. The zero-order valence-electron chi connectivity index (χ0n) is 13.8. The molecule has 3 aromatic rings. The van der Waals surface area contributed by atoms with Gasteiger partial charge in [0.2, 0.25) is 0 Å². The fourth-order valence-electron chi connectivity index (χ4n) is 2.54. The van der Waals surface area contributed by atoms with E-state index in [4.69, 9.17) is 17.3 Å². The highest BCUT2D eigenvalue weighted by atomic mass is 35.5. The molecule has 0 aliphatic carbocycles. The predicted molar refractivity (Wildman–Crippen MR) is 97.5 cm³/mol. The Morgan fingerprint density at radius 3 is 2.52 bits per heavy atom. The van der Waals surface area contributed by atoms with Crippen LogP contribution in [-0.4, -0.2) is 25.7 Å². The van der Waals surface area contributed by atoms with Crippen LogP contribution >= 0.6 is 11.6 Å². The lowest BCUT2D eigenvalue weighted by Gasteiger charge is -2.04. The van der Waals surface area contributed by atoms with Gasteiger partial charge in [-0.15, -0.1) is 5.10 Å². The summed E-state index contributed by atoms with van der Waals surface area (Å²) in [6.07, 6.45) is 6.03. The normalized spacial score (nSPS) is 11.6. The molecule has 0 atom stereocenters. The molecule has 2 N–H and O–H groups in total. The van der Waals surface area contributed by atoms with Crippen molar-refractivity contribution in [1.82, 2.24) is 19.7 Å². The fourth-order valence-corrected chi connectivity index (χ4v) is 2.72. The van der Waals surface area contributed by atoms with Crippen LogP contribution in [0.1, 0.15) is 16.7 Å². The van der Waals surface area contributed by atoms with Gasteiger partial charge >= 0.3 is 0 Å². The van der Waals surface area contributed by atoms with E-state index >= 15 is 0 Å². The number of rotatable bonds is 4. The van der Waals surface area contributed by atoms with E-state index in [0.29, 0.717) is 16.4 Å². The van der Waals surface area contributed by atoms with Crippen molar-refractivity contribution >= 4 is 29.3 Å². The molecule has 7 heteroatoms. The molecule has 6 nitrogen and oxygen atoms in total. The summed E-state index contributed by atoms with van der Waals surface area (Å²) < 4.78 is 1.45. The van der Waals surface area contributed by atoms with Crippen molar-refractivity contribution in [2.24, 2.45) is 5.73 Å². The monoisotopic (exact) mass is 353 g/mol. The number of nitrogens with zero attached hydrogens (tertiary/aromatic N) is 4. The third-order valence-electron chi connectivity index (χ3n) is 3.53. The van der Waals surface area contributed by atoms with Gasteiger partial charge in [0.1, 0.15) is 6.33 Å². The van der Waals surface area contributed by atoms with Crippen LogP contribution in [0.4, 0.5) is 0 Å². The maximum absolute atomic E-state index is 11.8. The SMILES string of the molecule is Cc1cc(C)cc(-c2ncn(C=C(C(N)=O)c3cncc(Cl)c3)n2)c1. The number of benzene rings is 1. The van der Waals surface area contributed by atoms with E-state index in [1.54, 1.807) is 6.07 Å². The molecule has 3 rings (SSSR count). The van der Waals surface area contributed by atoms with Crippen LogP contribution in [0.3, 0.4) is 0 Å². The van der Waals surface area contributed by atoms with Gasteiger partial charge in [0, 0.05) is 29.7 Å². The summed E-state index contributed by atoms with van der Waals surface area (Å²) in [6.45, 7) is 4.04. The van der Waals surface area contributed by atoms with Crippen molar-refractivity contribution in [3.8, 4) is 11.4 Å². The number of carbonyl (C=O) groups excluding carboxylic acids is 1. The fraction of sp³-hybridized carbons (Fsp3) is 0.111. The quantitative estimate of drug-likeness (QED) is 0.730. The van der Waals surface area contributed by atoms with Gasteiger partial charge in [-0.1, -0.05) is 28.8 Å². The first kappa shape index (κ1) is 16.9. The highest BCUT2D eigenvalue weighted by Gasteiger charge is 2.11. The summed E-state index contributed by atoms with van der Waals surface area (Å²) in [4.78, 5) is 20.1. The number of amides is 1. The van der Waals surface area contributed by atoms with E-state index in [1.165, 1.54) is 29.6 Å². The molecule has 1 aromatic carbocycles. The Hall–Kier alpha value is -2.99. The summed E-state index contributed by atoms with van der Waals surface area (Å²) >= 11 is 5.93. The molecule has 126 valence electrons. The minimum atomic E-state index is -0.604. The minimum absolute atomic E-state index is 0.242. The molecule has 0 fully saturated rings. The number of hydrogen-bond acceptors (Lipinski definition) is 4. The van der Waals surface area contributed by atoms with Gasteiger partial charge in [0.15, 0.2) is 5.82 Å². The highest BCUT2D eigenvalue weighted by molar-refractivity contribution is 6.31. The maximum Gasteiger partial charge on any atom is 0.250 e. The van der Waals surface area contributed by atoms with Crippen LogP contribution < -0.4 is 5.73 Å². The first-order valence-electron chi connectivity index (χ1n) is 7.55. The molecule has 1 amide bonds. The summed E-state index contributed by atoms with van der Waals surface area (Å²) in [5, 5.41) is 4.82. The van der Waals surface area contributed by atoms with Crippen molar-refractivity contribution in [3.63, 3.8) is 0 Å². The lowest BCUT2D eigenvalue weighted by Crippen LogP contribution is -2.14. The van der Waals surface area contributed by atoms with Crippen LogP contribution in [-0.2, 0) is 4.79 Å². The lowest BCUT2D eigenvalue weighted by molar-refractivity contribution is -0.112. The van der Waals surface area contributed by atoms with E-state index < -0.39 is 5.91 Å². The van der Waals surface area contributed by atoms with Crippen molar-refractivity contribution in [1.29, 1.82) is 0 Å². The Labute approximate surface area is 150 Å². The van der Waals surface area contributed by atoms with Crippen LogP contribution in [0, 0.1) is 13.8 Å². The average molecular weight is 354 g/mol. The van der Waals surface area contributed by atoms with Crippen LogP contribution in [0.15, 0.2) is 43.0 Å². The second-order valence-electron chi connectivity index (χ2n) is 5.72. The van der Waals surface area contributed by atoms with Gasteiger partial charge in [0.05, 0.1) is 10.6 Å². The van der Waals surface area contributed by atoms with Crippen LogP contribution in [0.25, 0.3) is 23.2 Å². The van der Waals surface area contributed by atoms with Crippen molar-refractivity contribution < 1.29 is 4.79 Å². The Morgan fingerprint density at radius 2 is 1.88 bits per heavy atom. The molecule has 25 heavy (non-hydrogen) atoms. The van der Waals surface area contributed by atoms with Gasteiger partial charge in [0.25, 0.3) is 5.91 Å². The lowest BCUT2D eigenvalue weighted by atomic mass is 10.1. The molecule has 2 aromatic heterocycles. The maximum atomic E-state index is 11.8. The summed E-state index contributed by atoms with van der Waals surface area (Å²) in [5.41, 5.74) is 9.41. The predicted octanol–water partition coefficient (Wildman–Crippen LogP) is 3.09. The van der Waals surface area contributed by atoms with Crippen LogP contribution in [0.5, 0.6) is 0 Å². The van der Waals surface area contributed by atoms with Crippen LogP contribution in [0.2, 0.25) is 5.02 Å². The van der Waals surface area contributed by atoms with E-state index in [1.807, 2.05) is 26.0 Å². The Kier molecular flexibility index (Phi) is 4.63. The molecule has 0 aliphatic rings. The molecule has 0 radical (unpaired) electrons. The molecule has 0 saturated heterocycles. The van der Waals surface area contributed by atoms with E-state index in [9.17, 15) is 4.79 Å². The number of carbonyl (C=O) groups is 1. The average Bonchev–Trinajstić information content (AvgIpc) is 3.00. The number of nitrogens with two attached hydrogens (primary N) is 1. The van der Waals surface area contributed by atoms with Gasteiger partial charge in [-0.05, 0) is 32.0 Å². The molecule has 0 bridgehead atoms. The third kappa shape index (κ3) is 3.92. The molecule has 0 unspecified atom stereocenters. The van der Waals surface area contributed by atoms with E-state index in [-0.39, 0.29) is 5.57 Å². The number of primary amides is 1. The Morgan fingerprint density at radius 1 is 1.16 bits per heavy atom. The first-order chi connectivity index (χ1) is 11.9. The number of halogens is 1. The number of hydrogen-bond donors (Lipinski definition) is 1.